The summed E-state index contributed by atoms with van der Waals surface area (Å²) >= 11 is 6.50. The summed E-state index contributed by atoms with van der Waals surface area (Å²) in [5.74, 6) is -1.04. The van der Waals surface area contributed by atoms with E-state index in [9.17, 15) is 14.4 Å². The number of carbonyl (C=O) groups excluding carboxylic acids is 3. The Morgan fingerprint density at radius 1 is 0.812 bits per heavy atom. The molecule has 246 valence electrons. The van der Waals surface area contributed by atoms with Crippen LogP contribution in [0.2, 0.25) is 5.02 Å². The molecule has 6 rings (SSSR count). The van der Waals surface area contributed by atoms with Crippen LogP contribution in [0.5, 0.6) is 0 Å². The molecule has 7 nitrogen and oxygen atoms in total. The quantitative estimate of drug-likeness (QED) is 0.177. The maximum Gasteiger partial charge on any atom is 0.336 e. The predicted octanol–water partition coefficient (Wildman–Crippen LogP) is 7.24. The Balaban J connectivity index is 1.14. The van der Waals surface area contributed by atoms with Crippen molar-refractivity contribution in [3.8, 4) is 0 Å². The van der Waals surface area contributed by atoms with Crippen LogP contribution in [0.4, 0.5) is 0 Å². The summed E-state index contributed by atoms with van der Waals surface area (Å²) in [7, 11) is 0. The van der Waals surface area contributed by atoms with E-state index in [1.54, 1.807) is 24.8 Å². The molecule has 4 aromatic carbocycles. The van der Waals surface area contributed by atoms with Crippen LogP contribution in [-0.2, 0) is 20.9 Å². The maximum absolute atomic E-state index is 13.6. The van der Waals surface area contributed by atoms with Gasteiger partial charge >= 0.3 is 5.97 Å². The third-order valence-corrected chi connectivity index (χ3v) is 9.68. The van der Waals surface area contributed by atoms with Gasteiger partial charge < -0.3 is 14.5 Å². The molecule has 4 aromatic rings. The SMILES string of the molecule is CCOC(=O)C1=C(C)N(Cc2ccc(C(=O)N3CCN(C(c4ccccc4)c4ccccc4)CC3)cc2)C(=O)CC1c1ccccc1Cl. The fraction of sp³-hybridized carbons (Fsp3) is 0.275. The molecule has 0 aromatic heterocycles. The molecular weight excluding hydrogens is 622 g/mol. The van der Waals surface area contributed by atoms with Crippen LogP contribution < -0.4 is 0 Å². The maximum atomic E-state index is 13.6. The minimum atomic E-state index is -0.488. The Labute approximate surface area is 287 Å². The number of amides is 2. The van der Waals surface area contributed by atoms with Crippen molar-refractivity contribution in [3.05, 3.63) is 153 Å². The van der Waals surface area contributed by atoms with Gasteiger partial charge in [-0.3, -0.25) is 14.5 Å². The van der Waals surface area contributed by atoms with Crippen LogP contribution in [0.25, 0.3) is 0 Å². The number of benzene rings is 4. The van der Waals surface area contributed by atoms with Gasteiger partial charge in [0.15, 0.2) is 0 Å². The molecule has 1 saturated heterocycles. The highest BCUT2D eigenvalue weighted by atomic mass is 35.5. The Morgan fingerprint density at radius 2 is 1.40 bits per heavy atom. The lowest BCUT2D eigenvalue weighted by atomic mass is 9.83. The molecule has 1 unspecified atom stereocenters. The van der Waals surface area contributed by atoms with Crippen molar-refractivity contribution in [2.75, 3.05) is 32.8 Å². The van der Waals surface area contributed by atoms with Crippen LogP contribution in [0.3, 0.4) is 0 Å². The topological polar surface area (TPSA) is 70.2 Å². The average molecular weight is 662 g/mol. The summed E-state index contributed by atoms with van der Waals surface area (Å²) < 4.78 is 5.42. The molecule has 0 N–H and O–H groups in total. The Kier molecular flexibility index (Phi) is 10.4. The first-order valence-corrected chi connectivity index (χ1v) is 16.9. The number of carbonyl (C=O) groups is 3. The zero-order chi connectivity index (χ0) is 33.6. The summed E-state index contributed by atoms with van der Waals surface area (Å²) in [5.41, 5.74) is 5.67. The molecule has 2 aliphatic rings. The minimum absolute atomic E-state index is 0.00511. The van der Waals surface area contributed by atoms with E-state index in [2.05, 4.69) is 53.4 Å². The van der Waals surface area contributed by atoms with Crippen molar-refractivity contribution >= 4 is 29.4 Å². The van der Waals surface area contributed by atoms with E-state index in [0.29, 0.717) is 34.9 Å². The Morgan fingerprint density at radius 3 is 1.98 bits per heavy atom. The number of nitrogens with zero attached hydrogens (tertiary/aromatic N) is 3. The third-order valence-electron chi connectivity index (χ3n) is 9.34. The van der Waals surface area contributed by atoms with Gasteiger partial charge in [0, 0.05) is 54.8 Å². The van der Waals surface area contributed by atoms with Crippen molar-refractivity contribution in [3.63, 3.8) is 0 Å². The van der Waals surface area contributed by atoms with Crippen molar-refractivity contribution in [2.24, 2.45) is 0 Å². The predicted molar refractivity (Wildman–Crippen MR) is 187 cm³/mol. The molecule has 8 heteroatoms. The highest BCUT2D eigenvalue weighted by molar-refractivity contribution is 6.31. The molecule has 2 heterocycles. The summed E-state index contributed by atoms with van der Waals surface area (Å²) in [4.78, 5) is 46.2. The van der Waals surface area contributed by atoms with E-state index < -0.39 is 11.9 Å². The van der Waals surface area contributed by atoms with Gasteiger partial charge in [0.2, 0.25) is 5.91 Å². The van der Waals surface area contributed by atoms with E-state index in [-0.39, 0.29) is 37.4 Å². The molecule has 2 amide bonds. The number of rotatable bonds is 9. The second kappa shape index (κ2) is 15.0. The van der Waals surface area contributed by atoms with Crippen LogP contribution in [-0.4, -0.2) is 65.3 Å². The summed E-state index contributed by atoms with van der Waals surface area (Å²) in [6.45, 7) is 6.83. The monoisotopic (exact) mass is 661 g/mol. The smallest absolute Gasteiger partial charge is 0.336 e. The largest absolute Gasteiger partial charge is 0.463 e. The van der Waals surface area contributed by atoms with E-state index in [1.807, 2.05) is 59.5 Å². The normalized spacial score (nSPS) is 17.2. The van der Waals surface area contributed by atoms with Gasteiger partial charge in [-0.15, -0.1) is 0 Å². The lowest BCUT2D eigenvalue weighted by Crippen LogP contribution is -2.49. The highest BCUT2D eigenvalue weighted by Gasteiger charge is 2.38. The number of hydrogen-bond donors (Lipinski definition) is 0. The molecule has 0 aliphatic carbocycles. The lowest BCUT2D eigenvalue weighted by molar-refractivity contribution is -0.140. The van der Waals surface area contributed by atoms with Crippen molar-refractivity contribution in [2.45, 2.75) is 38.8 Å². The fourth-order valence-corrected chi connectivity index (χ4v) is 7.15. The molecule has 0 radical (unpaired) electrons. The van der Waals surface area contributed by atoms with Crippen LogP contribution in [0.15, 0.2) is 120 Å². The third kappa shape index (κ3) is 7.08. The molecular formula is C40H40ClN3O4. The fourth-order valence-electron chi connectivity index (χ4n) is 6.89. The number of esters is 1. The van der Waals surface area contributed by atoms with Crippen molar-refractivity contribution < 1.29 is 19.1 Å². The number of allylic oxidation sites excluding steroid dienone is 1. The second-order valence-electron chi connectivity index (χ2n) is 12.2. The molecule has 48 heavy (non-hydrogen) atoms. The van der Waals surface area contributed by atoms with E-state index >= 15 is 0 Å². The van der Waals surface area contributed by atoms with Crippen LogP contribution >= 0.6 is 11.6 Å². The first-order valence-electron chi connectivity index (χ1n) is 16.5. The molecule has 0 bridgehead atoms. The van der Waals surface area contributed by atoms with Gasteiger partial charge in [0.05, 0.1) is 24.8 Å². The van der Waals surface area contributed by atoms with Gasteiger partial charge in [-0.05, 0) is 54.3 Å². The molecule has 1 fully saturated rings. The summed E-state index contributed by atoms with van der Waals surface area (Å²) in [6, 6.07) is 35.9. The molecule has 1 atom stereocenters. The van der Waals surface area contributed by atoms with Gasteiger partial charge in [0.1, 0.15) is 0 Å². The van der Waals surface area contributed by atoms with E-state index in [1.165, 1.54) is 11.1 Å². The summed E-state index contributed by atoms with van der Waals surface area (Å²) in [6.07, 6.45) is 0.104. The minimum Gasteiger partial charge on any atom is -0.463 e. The average Bonchev–Trinajstić information content (AvgIpc) is 3.11. The Bertz CT molecular complexity index is 1740. The standard InChI is InChI=1S/C40H40ClN3O4/c1-3-48-40(47)37-28(2)44(36(45)26-34(37)33-16-10-11-17-35(33)41)27-29-18-20-32(21-19-29)39(46)43-24-22-42(23-25-43)38(30-12-6-4-7-13-30)31-14-8-5-9-15-31/h4-21,34,38H,3,22-27H2,1-2H3. The van der Waals surface area contributed by atoms with Crippen LogP contribution in [0, 0.1) is 0 Å². The van der Waals surface area contributed by atoms with Gasteiger partial charge in [-0.1, -0.05) is 103 Å². The Hall–Kier alpha value is -4.72. The lowest BCUT2D eigenvalue weighted by Gasteiger charge is -2.39. The molecule has 0 spiro atoms. The first kappa shape index (κ1) is 33.2. The zero-order valence-corrected chi connectivity index (χ0v) is 28.1. The first-order chi connectivity index (χ1) is 23.4. The van der Waals surface area contributed by atoms with E-state index in [0.717, 1.165) is 24.2 Å². The van der Waals surface area contributed by atoms with Gasteiger partial charge in [0.25, 0.3) is 5.91 Å². The number of ether oxygens (including phenoxy) is 1. The van der Waals surface area contributed by atoms with Crippen molar-refractivity contribution in [1.29, 1.82) is 0 Å². The second-order valence-corrected chi connectivity index (χ2v) is 12.6. The van der Waals surface area contributed by atoms with Gasteiger partial charge in [-0.2, -0.15) is 0 Å². The number of halogens is 1. The van der Waals surface area contributed by atoms with Crippen LogP contribution in [0.1, 0.15) is 64.8 Å². The summed E-state index contributed by atoms with van der Waals surface area (Å²) in [5, 5.41) is 0.507. The number of piperazine rings is 1. The molecule has 0 saturated carbocycles. The molecule has 2 aliphatic heterocycles. The van der Waals surface area contributed by atoms with Crippen molar-refractivity contribution in [1.82, 2.24) is 14.7 Å². The van der Waals surface area contributed by atoms with Gasteiger partial charge in [-0.25, -0.2) is 4.79 Å². The van der Waals surface area contributed by atoms with E-state index in [4.69, 9.17) is 16.3 Å². The highest BCUT2D eigenvalue weighted by Crippen LogP contribution is 2.40. The number of hydrogen-bond acceptors (Lipinski definition) is 5. The zero-order valence-electron chi connectivity index (χ0n) is 27.3.